The highest BCUT2D eigenvalue weighted by Crippen LogP contribution is 2.13. The number of nitrogens with one attached hydrogen (secondary N) is 1. The van der Waals surface area contributed by atoms with E-state index in [0.29, 0.717) is 0 Å². The Balaban J connectivity index is 2.54. The van der Waals surface area contributed by atoms with E-state index in [2.05, 4.69) is 0 Å². The van der Waals surface area contributed by atoms with E-state index < -0.39 is 11.6 Å². The molecular formula is C19H16FN4O+. The van der Waals surface area contributed by atoms with Crippen molar-refractivity contribution in [3.05, 3.63) is 71.8 Å². The number of hydrogen-bond acceptors (Lipinski definition) is 4. The van der Waals surface area contributed by atoms with Crippen molar-refractivity contribution in [2.45, 2.75) is 0 Å². The van der Waals surface area contributed by atoms with Gasteiger partial charge in [0.25, 0.3) is 11.5 Å². The van der Waals surface area contributed by atoms with Crippen molar-refractivity contribution >= 4 is 23.0 Å². The van der Waals surface area contributed by atoms with Crippen molar-refractivity contribution in [1.82, 2.24) is 0 Å². The van der Waals surface area contributed by atoms with E-state index in [1.165, 1.54) is 30.3 Å². The molecule has 25 heavy (non-hydrogen) atoms. The van der Waals surface area contributed by atoms with Gasteiger partial charge in [0.15, 0.2) is 12.4 Å². The molecule has 2 aromatic rings. The Hall–Kier alpha value is -3.55. The SMILES string of the molecule is CN(C)c1cc[n+](/C(=C\C(=C=N)C#N)C(=O)c2ccc(F)cc2)cc1. The number of Topliss-reactive ketones (excluding diaryl/α,β-unsaturated/α-hetero) is 1. The molecule has 1 heterocycles. The molecule has 2 rings (SSSR count). The van der Waals surface area contributed by atoms with Crippen LogP contribution in [0.25, 0.3) is 5.70 Å². The van der Waals surface area contributed by atoms with Gasteiger partial charge in [-0.1, -0.05) is 0 Å². The third-order valence-corrected chi connectivity index (χ3v) is 3.48. The van der Waals surface area contributed by atoms with Gasteiger partial charge < -0.3 is 4.90 Å². The van der Waals surface area contributed by atoms with Crippen LogP contribution in [0.5, 0.6) is 0 Å². The molecular weight excluding hydrogens is 319 g/mol. The van der Waals surface area contributed by atoms with Crippen LogP contribution in [-0.4, -0.2) is 25.7 Å². The molecule has 0 saturated carbocycles. The lowest BCUT2D eigenvalue weighted by Crippen LogP contribution is -2.36. The second kappa shape index (κ2) is 7.82. The number of ketones is 1. The summed E-state index contributed by atoms with van der Waals surface area (Å²) in [7, 11) is 3.79. The average Bonchev–Trinajstić information content (AvgIpc) is 2.63. The topological polar surface area (TPSA) is 71.8 Å². The number of pyridine rings is 1. The molecule has 5 nitrogen and oxygen atoms in total. The lowest BCUT2D eigenvalue weighted by atomic mass is 10.1. The number of benzene rings is 1. The maximum Gasteiger partial charge on any atom is 0.260 e. The fourth-order valence-corrected chi connectivity index (χ4v) is 2.12. The molecule has 1 aromatic carbocycles. The molecule has 6 heteroatoms. The summed E-state index contributed by atoms with van der Waals surface area (Å²) in [4.78, 5) is 14.7. The third kappa shape index (κ3) is 4.25. The van der Waals surface area contributed by atoms with E-state index in [0.717, 1.165) is 5.69 Å². The first-order valence-electron chi connectivity index (χ1n) is 7.37. The quantitative estimate of drug-likeness (QED) is 0.228. The summed E-state index contributed by atoms with van der Waals surface area (Å²) in [5.74, 6) is 1.15. The van der Waals surface area contributed by atoms with Gasteiger partial charge in [-0.2, -0.15) is 9.83 Å². The van der Waals surface area contributed by atoms with Crippen LogP contribution in [0.2, 0.25) is 0 Å². The van der Waals surface area contributed by atoms with Gasteiger partial charge in [0.1, 0.15) is 17.5 Å². The minimum absolute atomic E-state index is 0.0883. The smallest absolute Gasteiger partial charge is 0.260 e. The van der Waals surface area contributed by atoms with Crippen molar-refractivity contribution in [2.75, 3.05) is 19.0 Å². The highest BCUT2D eigenvalue weighted by Gasteiger charge is 2.22. The number of halogens is 1. The van der Waals surface area contributed by atoms with E-state index in [9.17, 15) is 9.18 Å². The van der Waals surface area contributed by atoms with Gasteiger partial charge in [0.2, 0.25) is 0 Å². The van der Waals surface area contributed by atoms with Crippen LogP contribution in [0.3, 0.4) is 0 Å². The predicted octanol–water partition coefficient (Wildman–Crippen LogP) is 2.60. The Morgan fingerprint density at radius 1 is 1.20 bits per heavy atom. The minimum atomic E-state index is -0.442. The highest BCUT2D eigenvalue weighted by atomic mass is 19.1. The van der Waals surface area contributed by atoms with Crippen molar-refractivity contribution in [1.29, 1.82) is 10.7 Å². The maximum atomic E-state index is 13.1. The van der Waals surface area contributed by atoms with E-state index in [1.54, 1.807) is 23.0 Å². The lowest BCUT2D eigenvalue weighted by Gasteiger charge is -2.10. The van der Waals surface area contributed by atoms with Gasteiger partial charge in [-0.3, -0.25) is 10.2 Å². The van der Waals surface area contributed by atoms with Crippen molar-refractivity contribution in [3.8, 4) is 6.07 Å². The Morgan fingerprint density at radius 2 is 1.80 bits per heavy atom. The van der Waals surface area contributed by atoms with Crippen LogP contribution in [-0.2, 0) is 0 Å². The van der Waals surface area contributed by atoms with Gasteiger partial charge >= 0.3 is 0 Å². The largest absolute Gasteiger partial charge is 0.377 e. The minimum Gasteiger partial charge on any atom is -0.377 e. The second-order valence-electron chi connectivity index (χ2n) is 5.37. The zero-order chi connectivity index (χ0) is 18.4. The monoisotopic (exact) mass is 335 g/mol. The van der Waals surface area contributed by atoms with Crippen LogP contribution < -0.4 is 9.47 Å². The van der Waals surface area contributed by atoms with Crippen LogP contribution in [0.15, 0.2) is 60.4 Å². The van der Waals surface area contributed by atoms with Crippen molar-refractivity contribution in [3.63, 3.8) is 0 Å². The maximum absolute atomic E-state index is 13.1. The van der Waals surface area contributed by atoms with Crippen LogP contribution in [0.4, 0.5) is 10.1 Å². The van der Waals surface area contributed by atoms with Crippen LogP contribution >= 0.6 is 0 Å². The van der Waals surface area contributed by atoms with Crippen LogP contribution in [0, 0.1) is 22.6 Å². The number of allylic oxidation sites excluding steroid dienone is 3. The first kappa shape index (κ1) is 17.8. The highest BCUT2D eigenvalue weighted by molar-refractivity contribution is 6.22. The van der Waals surface area contributed by atoms with Gasteiger partial charge in [0.05, 0.1) is 0 Å². The molecule has 1 N–H and O–H groups in total. The number of carbonyl (C=O) groups is 1. The molecule has 0 bridgehead atoms. The average molecular weight is 335 g/mol. The standard InChI is InChI=1S/C19H16FN4O/c1-23(2)17-7-9-24(10-8-17)18(11-14(12-21)13-22)19(25)15-3-5-16(20)6-4-15/h3-11,21H,1-2H3/q+1/b18-11-. The van der Waals surface area contributed by atoms with Gasteiger partial charge in [-0.15, -0.1) is 0 Å². The van der Waals surface area contributed by atoms with Crippen molar-refractivity contribution < 1.29 is 13.8 Å². The third-order valence-electron chi connectivity index (χ3n) is 3.48. The number of anilines is 1. The van der Waals surface area contributed by atoms with Gasteiger partial charge in [0, 0.05) is 43.6 Å². The summed E-state index contributed by atoms with van der Waals surface area (Å²) < 4.78 is 14.6. The lowest BCUT2D eigenvalue weighted by molar-refractivity contribution is -0.576. The Labute approximate surface area is 145 Å². The molecule has 0 saturated heterocycles. The van der Waals surface area contributed by atoms with E-state index in [-0.39, 0.29) is 16.8 Å². The molecule has 0 amide bonds. The van der Waals surface area contributed by atoms with E-state index in [4.69, 9.17) is 10.7 Å². The Kier molecular flexibility index (Phi) is 5.57. The Bertz CT molecular complexity index is 900. The van der Waals surface area contributed by atoms with Gasteiger partial charge in [-0.25, -0.2) is 4.39 Å². The molecule has 0 radical (unpaired) electrons. The Morgan fingerprint density at radius 3 is 2.28 bits per heavy atom. The second-order valence-corrected chi connectivity index (χ2v) is 5.37. The molecule has 124 valence electrons. The number of aromatic nitrogens is 1. The van der Waals surface area contributed by atoms with Crippen LogP contribution in [0.1, 0.15) is 10.4 Å². The van der Waals surface area contributed by atoms with E-state index in [1.807, 2.05) is 37.0 Å². The first-order chi connectivity index (χ1) is 12.0. The number of hydrogen-bond donors (Lipinski definition) is 1. The molecule has 0 aliphatic carbocycles. The normalized spacial score (nSPS) is 10.6. The van der Waals surface area contributed by atoms with Gasteiger partial charge in [-0.05, 0) is 30.1 Å². The van der Waals surface area contributed by atoms with E-state index >= 15 is 0 Å². The summed E-state index contributed by atoms with van der Waals surface area (Å²) in [5, 5.41) is 16.2. The summed E-state index contributed by atoms with van der Waals surface area (Å²) in [6.45, 7) is 0. The molecule has 0 spiro atoms. The molecule has 0 fully saturated rings. The molecule has 1 aromatic heterocycles. The summed E-state index contributed by atoms with van der Waals surface area (Å²) in [6, 6.07) is 10.6. The summed E-state index contributed by atoms with van der Waals surface area (Å²) >= 11 is 0. The molecule has 0 aliphatic rings. The fourth-order valence-electron chi connectivity index (χ4n) is 2.12. The number of nitrogens with zero attached hydrogens (tertiary/aromatic N) is 3. The summed E-state index contributed by atoms with van der Waals surface area (Å²) in [6.07, 6.45) is 4.65. The number of nitriles is 1. The number of rotatable bonds is 5. The summed E-state index contributed by atoms with van der Waals surface area (Å²) in [5.41, 5.74) is 1.29. The zero-order valence-corrected chi connectivity index (χ0v) is 13.8. The predicted molar refractivity (Wildman–Crippen MR) is 92.8 cm³/mol. The molecule has 0 atom stereocenters. The van der Waals surface area contributed by atoms with Crippen molar-refractivity contribution in [2.24, 2.45) is 0 Å². The number of carbonyl (C=O) groups excluding carboxylic acids is 1. The fraction of sp³-hybridized carbons (Fsp3) is 0.105. The first-order valence-corrected chi connectivity index (χ1v) is 7.37. The molecule has 0 unspecified atom stereocenters. The zero-order valence-electron chi connectivity index (χ0n) is 13.8. The molecule has 0 aliphatic heterocycles.